The van der Waals surface area contributed by atoms with Gasteiger partial charge in [0, 0.05) is 44.1 Å². The highest BCUT2D eigenvalue weighted by Crippen LogP contribution is 2.34. The van der Waals surface area contributed by atoms with Crippen LogP contribution in [0.3, 0.4) is 0 Å². The Hall–Kier alpha value is -3.72. The molecular weight excluding hydrogens is 460 g/mol. The number of aromatic hydroxyl groups is 1. The molecule has 0 radical (unpaired) electrons. The first-order chi connectivity index (χ1) is 17.3. The second-order valence-electron chi connectivity index (χ2n) is 9.13. The summed E-state index contributed by atoms with van der Waals surface area (Å²) in [6.07, 6.45) is 0. The van der Waals surface area contributed by atoms with Crippen molar-refractivity contribution in [1.29, 1.82) is 0 Å². The van der Waals surface area contributed by atoms with Gasteiger partial charge in [0.05, 0.1) is 25.3 Å². The Kier molecular flexibility index (Phi) is 7.69. The molecule has 1 atom stereocenters. The van der Waals surface area contributed by atoms with Crippen molar-refractivity contribution in [2.24, 2.45) is 0 Å². The third kappa shape index (κ3) is 5.41. The van der Waals surface area contributed by atoms with Crippen LogP contribution in [-0.4, -0.2) is 68.4 Å². The minimum atomic E-state index is -0.738. The van der Waals surface area contributed by atoms with E-state index in [-0.39, 0.29) is 11.5 Å². The summed E-state index contributed by atoms with van der Waals surface area (Å²) in [5, 5.41) is 15.8. The van der Waals surface area contributed by atoms with Crippen LogP contribution in [0.5, 0.6) is 11.5 Å². The van der Waals surface area contributed by atoms with Gasteiger partial charge in [-0.1, -0.05) is 23.8 Å². The lowest BCUT2D eigenvalue weighted by Crippen LogP contribution is -2.51. The van der Waals surface area contributed by atoms with Crippen LogP contribution < -0.4 is 20.3 Å². The van der Waals surface area contributed by atoms with E-state index < -0.39 is 18.0 Å². The number of rotatable bonds is 7. The standard InChI is InChI=1S/C27H34N4O5/c1-5-36-23-15-19(7-9-22(23)32)25-24(26(33)35-4)20(28-27(34)29-25)16-30-10-12-31(13-11-30)21-8-6-17(2)14-18(21)3/h6-9,14-15,25,32H,5,10-13,16H2,1-4H3,(H2,28,29,34). The number of hydrogen-bond acceptors (Lipinski definition) is 7. The lowest BCUT2D eigenvalue weighted by atomic mass is 9.94. The minimum absolute atomic E-state index is 0.00799. The average Bonchev–Trinajstić information content (AvgIpc) is 2.85. The zero-order chi connectivity index (χ0) is 25.8. The third-order valence-corrected chi connectivity index (χ3v) is 6.62. The molecule has 1 fully saturated rings. The molecular formula is C27H34N4O5. The van der Waals surface area contributed by atoms with E-state index in [1.54, 1.807) is 12.1 Å². The van der Waals surface area contributed by atoms with Crippen molar-refractivity contribution in [2.75, 3.05) is 51.3 Å². The van der Waals surface area contributed by atoms with E-state index in [0.29, 0.717) is 30.0 Å². The molecule has 0 bridgehead atoms. The molecule has 4 rings (SSSR count). The lowest BCUT2D eigenvalue weighted by molar-refractivity contribution is -0.136. The van der Waals surface area contributed by atoms with E-state index in [2.05, 4.69) is 52.5 Å². The Labute approximate surface area is 211 Å². The first kappa shape index (κ1) is 25.4. The van der Waals surface area contributed by atoms with Crippen LogP contribution in [0.25, 0.3) is 0 Å². The minimum Gasteiger partial charge on any atom is -0.504 e. The summed E-state index contributed by atoms with van der Waals surface area (Å²) in [5.74, 6) is -0.245. The largest absolute Gasteiger partial charge is 0.504 e. The molecule has 2 aromatic rings. The number of phenolic OH excluding ortho intramolecular Hbond substituents is 1. The van der Waals surface area contributed by atoms with Crippen molar-refractivity contribution in [2.45, 2.75) is 26.8 Å². The van der Waals surface area contributed by atoms with E-state index >= 15 is 0 Å². The van der Waals surface area contributed by atoms with Crippen molar-refractivity contribution >= 4 is 17.7 Å². The normalized spacial score (nSPS) is 18.5. The topological polar surface area (TPSA) is 103 Å². The van der Waals surface area contributed by atoms with Crippen molar-refractivity contribution < 1.29 is 24.2 Å². The molecule has 0 spiro atoms. The number of nitrogens with one attached hydrogen (secondary N) is 2. The molecule has 2 amide bonds. The summed E-state index contributed by atoms with van der Waals surface area (Å²) in [6.45, 7) is 10.1. The Morgan fingerprint density at radius 2 is 1.86 bits per heavy atom. The van der Waals surface area contributed by atoms with Crippen molar-refractivity contribution in [3.05, 3.63) is 64.4 Å². The maximum atomic E-state index is 12.9. The maximum absolute atomic E-state index is 12.9. The Morgan fingerprint density at radius 3 is 2.53 bits per heavy atom. The average molecular weight is 495 g/mol. The van der Waals surface area contributed by atoms with Crippen molar-refractivity contribution in [1.82, 2.24) is 15.5 Å². The first-order valence-corrected chi connectivity index (χ1v) is 12.2. The second-order valence-corrected chi connectivity index (χ2v) is 9.13. The van der Waals surface area contributed by atoms with Gasteiger partial charge in [0.2, 0.25) is 0 Å². The molecule has 1 unspecified atom stereocenters. The van der Waals surface area contributed by atoms with Gasteiger partial charge in [-0.3, -0.25) is 4.90 Å². The highest BCUT2D eigenvalue weighted by Gasteiger charge is 2.35. The molecule has 0 aromatic heterocycles. The molecule has 2 heterocycles. The van der Waals surface area contributed by atoms with E-state index in [1.807, 2.05) is 6.92 Å². The summed E-state index contributed by atoms with van der Waals surface area (Å²) >= 11 is 0. The first-order valence-electron chi connectivity index (χ1n) is 12.2. The molecule has 9 heteroatoms. The molecule has 2 aliphatic rings. The van der Waals surface area contributed by atoms with Crippen LogP contribution >= 0.6 is 0 Å². The molecule has 36 heavy (non-hydrogen) atoms. The number of benzene rings is 2. The summed E-state index contributed by atoms with van der Waals surface area (Å²) in [6, 6.07) is 10.2. The van der Waals surface area contributed by atoms with Gasteiger partial charge in [-0.25, -0.2) is 9.59 Å². The number of phenols is 1. The maximum Gasteiger partial charge on any atom is 0.338 e. The van der Waals surface area contributed by atoms with Crippen LogP contribution in [0, 0.1) is 13.8 Å². The fraction of sp³-hybridized carbons (Fsp3) is 0.407. The van der Waals surface area contributed by atoms with E-state index in [4.69, 9.17) is 9.47 Å². The predicted octanol–water partition coefficient (Wildman–Crippen LogP) is 3.01. The van der Waals surface area contributed by atoms with Crippen molar-refractivity contribution in [3.8, 4) is 11.5 Å². The number of nitrogens with zero attached hydrogens (tertiary/aromatic N) is 2. The zero-order valence-corrected chi connectivity index (χ0v) is 21.3. The number of piperazine rings is 1. The number of amides is 2. The van der Waals surface area contributed by atoms with Gasteiger partial charge in [0.15, 0.2) is 11.5 Å². The van der Waals surface area contributed by atoms with Gasteiger partial charge in [0.1, 0.15) is 0 Å². The van der Waals surface area contributed by atoms with Gasteiger partial charge < -0.3 is 30.1 Å². The van der Waals surface area contributed by atoms with Crippen LogP contribution in [-0.2, 0) is 9.53 Å². The smallest absolute Gasteiger partial charge is 0.338 e. The van der Waals surface area contributed by atoms with Crippen molar-refractivity contribution in [3.63, 3.8) is 0 Å². The highest BCUT2D eigenvalue weighted by atomic mass is 16.5. The van der Waals surface area contributed by atoms with Gasteiger partial charge in [0.25, 0.3) is 0 Å². The van der Waals surface area contributed by atoms with Crippen LogP contribution in [0.1, 0.15) is 29.7 Å². The van der Waals surface area contributed by atoms with Gasteiger partial charge in [-0.2, -0.15) is 0 Å². The van der Waals surface area contributed by atoms with Gasteiger partial charge >= 0.3 is 12.0 Å². The number of carbonyl (C=O) groups is 2. The third-order valence-electron chi connectivity index (χ3n) is 6.62. The number of urea groups is 1. The molecule has 0 saturated carbocycles. The van der Waals surface area contributed by atoms with Gasteiger partial charge in [-0.15, -0.1) is 0 Å². The number of aryl methyl sites for hydroxylation is 2. The fourth-order valence-corrected chi connectivity index (χ4v) is 4.86. The SMILES string of the molecule is CCOc1cc(C2NC(=O)NC(CN3CCN(c4ccc(C)cc4C)CC3)=C2C(=O)OC)ccc1O. The molecule has 2 aliphatic heterocycles. The quantitative estimate of drug-likeness (QED) is 0.509. The second kappa shape index (κ2) is 10.9. The lowest BCUT2D eigenvalue weighted by Gasteiger charge is -2.38. The number of ether oxygens (including phenoxy) is 2. The molecule has 192 valence electrons. The Balaban J connectivity index is 1.57. The molecule has 9 nitrogen and oxygen atoms in total. The number of methoxy groups -OCH3 is 1. The molecule has 0 aliphatic carbocycles. The molecule has 2 aromatic carbocycles. The molecule has 3 N–H and O–H groups in total. The van der Waals surface area contributed by atoms with Crippen LogP contribution in [0.2, 0.25) is 0 Å². The zero-order valence-electron chi connectivity index (χ0n) is 21.3. The Morgan fingerprint density at radius 1 is 1.11 bits per heavy atom. The van der Waals surface area contributed by atoms with E-state index in [1.165, 1.54) is 30.0 Å². The predicted molar refractivity (Wildman–Crippen MR) is 137 cm³/mol. The summed E-state index contributed by atoms with van der Waals surface area (Å²) in [7, 11) is 1.32. The highest BCUT2D eigenvalue weighted by molar-refractivity contribution is 5.95. The van der Waals surface area contributed by atoms with E-state index in [0.717, 1.165) is 26.2 Å². The molecule has 1 saturated heterocycles. The number of anilines is 1. The summed E-state index contributed by atoms with van der Waals surface area (Å²) in [5.41, 5.74) is 5.21. The monoisotopic (exact) mass is 494 g/mol. The van der Waals surface area contributed by atoms with Crippen LogP contribution in [0.4, 0.5) is 10.5 Å². The Bertz CT molecular complexity index is 1170. The number of carbonyl (C=O) groups excluding carboxylic acids is 2. The fourth-order valence-electron chi connectivity index (χ4n) is 4.86. The summed E-state index contributed by atoms with van der Waals surface area (Å²) in [4.78, 5) is 30.1. The van der Waals surface area contributed by atoms with E-state index in [9.17, 15) is 14.7 Å². The summed E-state index contributed by atoms with van der Waals surface area (Å²) < 4.78 is 10.6. The number of hydrogen-bond donors (Lipinski definition) is 3. The van der Waals surface area contributed by atoms with Gasteiger partial charge in [-0.05, 0) is 50.1 Å². The number of esters is 1. The van der Waals surface area contributed by atoms with Crippen LogP contribution in [0.15, 0.2) is 47.7 Å².